The van der Waals surface area contributed by atoms with Gasteiger partial charge in [-0.15, -0.1) is 0 Å². The summed E-state index contributed by atoms with van der Waals surface area (Å²) in [6, 6.07) is 9.34. The number of anilines is 2. The van der Waals surface area contributed by atoms with Gasteiger partial charge in [0.25, 0.3) is 5.91 Å². The molecule has 32 heavy (non-hydrogen) atoms. The van der Waals surface area contributed by atoms with Crippen LogP contribution in [0.2, 0.25) is 0 Å². The van der Waals surface area contributed by atoms with Crippen molar-refractivity contribution in [2.24, 2.45) is 11.8 Å². The van der Waals surface area contributed by atoms with Crippen LogP contribution in [0.3, 0.4) is 0 Å². The van der Waals surface area contributed by atoms with E-state index >= 15 is 0 Å². The number of amides is 2. The number of aromatic nitrogens is 1. The molecule has 166 valence electrons. The molecule has 3 aromatic rings. The number of carbonyl (C=O) groups is 3. The van der Waals surface area contributed by atoms with Gasteiger partial charge in [0.1, 0.15) is 0 Å². The maximum atomic E-state index is 12.8. The van der Waals surface area contributed by atoms with Crippen molar-refractivity contribution in [2.45, 2.75) is 34.1 Å². The fourth-order valence-electron chi connectivity index (χ4n) is 3.87. The van der Waals surface area contributed by atoms with Crippen LogP contribution >= 0.6 is 11.3 Å². The molecule has 1 aliphatic carbocycles. The summed E-state index contributed by atoms with van der Waals surface area (Å²) in [5.74, 6) is -1.50. The van der Waals surface area contributed by atoms with Crippen molar-refractivity contribution in [3.05, 3.63) is 52.6 Å². The Bertz CT molecular complexity index is 1210. The monoisotopic (exact) mass is 451 g/mol. The summed E-state index contributed by atoms with van der Waals surface area (Å²) in [4.78, 5) is 41.4. The summed E-state index contributed by atoms with van der Waals surface area (Å²) >= 11 is 1.30. The number of rotatable bonds is 6. The predicted octanol–water partition coefficient (Wildman–Crippen LogP) is 4.61. The molecule has 1 fully saturated rings. The van der Waals surface area contributed by atoms with Gasteiger partial charge in [-0.2, -0.15) is 0 Å². The van der Waals surface area contributed by atoms with Crippen LogP contribution in [0.25, 0.3) is 10.2 Å². The number of nitrogens with one attached hydrogen (secondary N) is 2. The highest BCUT2D eigenvalue weighted by Gasteiger charge is 2.49. The van der Waals surface area contributed by atoms with Crippen LogP contribution < -0.4 is 10.6 Å². The summed E-state index contributed by atoms with van der Waals surface area (Å²) in [6.45, 7) is 8.03. The van der Waals surface area contributed by atoms with Gasteiger partial charge in [-0.3, -0.25) is 14.4 Å². The Kier molecular flexibility index (Phi) is 5.97. The number of esters is 1. The highest BCUT2D eigenvalue weighted by molar-refractivity contribution is 7.22. The lowest BCUT2D eigenvalue weighted by atomic mass is 10.0. The Balaban J connectivity index is 1.46. The van der Waals surface area contributed by atoms with Gasteiger partial charge < -0.3 is 15.4 Å². The molecule has 0 aliphatic heterocycles. The van der Waals surface area contributed by atoms with E-state index in [1.807, 2.05) is 32.9 Å². The molecule has 1 saturated carbocycles. The molecule has 8 heteroatoms. The van der Waals surface area contributed by atoms with E-state index in [1.165, 1.54) is 11.3 Å². The molecule has 0 saturated heterocycles. The van der Waals surface area contributed by atoms with E-state index in [4.69, 9.17) is 4.74 Å². The minimum absolute atomic E-state index is 0.198. The van der Waals surface area contributed by atoms with Crippen molar-refractivity contribution < 1.29 is 19.1 Å². The number of carbonyl (C=O) groups excluding carboxylic acids is 3. The van der Waals surface area contributed by atoms with Gasteiger partial charge in [-0.1, -0.05) is 29.0 Å². The molecule has 4 rings (SSSR count). The van der Waals surface area contributed by atoms with E-state index in [-0.39, 0.29) is 29.6 Å². The number of fused-ring (bicyclic) bond motifs is 1. The quantitative estimate of drug-likeness (QED) is 0.534. The Morgan fingerprint density at radius 2 is 1.78 bits per heavy atom. The zero-order chi connectivity index (χ0) is 23.0. The van der Waals surface area contributed by atoms with Crippen molar-refractivity contribution in [3.8, 4) is 0 Å². The lowest BCUT2D eigenvalue weighted by molar-refractivity contribution is -0.145. The second-order valence-corrected chi connectivity index (χ2v) is 9.15. The number of hydrogen-bond acceptors (Lipinski definition) is 6. The summed E-state index contributed by atoms with van der Waals surface area (Å²) < 4.78 is 5.77. The van der Waals surface area contributed by atoms with Crippen LogP contribution in [0.4, 0.5) is 10.8 Å². The number of benzene rings is 2. The van der Waals surface area contributed by atoms with E-state index in [2.05, 4.69) is 15.6 Å². The summed E-state index contributed by atoms with van der Waals surface area (Å²) in [5, 5.41) is 6.24. The zero-order valence-electron chi connectivity index (χ0n) is 18.4. The zero-order valence-corrected chi connectivity index (χ0v) is 19.3. The minimum Gasteiger partial charge on any atom is -0.466 e. The Morgan fingerprint density at radius 3 is 2.47 bits per heavy atom. The maximum Gasteiger partial charge on any atom is 0.309 e. The average molecular weight is 452 g/mol. The van der Waals surface area contributed by atoms with E-state index in [0.717, 1.165) is 27.1 Å². The third-order valence-electron chi connectivity index (χ3n) is 5.51. The van der Waals surface area contributed by atoms with Crippen LogP contribution in [0, 0.1) is 32.6 Å². The number of thiazole rings is 1. The summed E-state index contributed by atoms with van der Waals surface area (Å²) in [6.07, 6.45) is 0.498. The molecule has 0 spiro atoms. The fourth-order valence-corrected chi connectivity index (χ4v) is 4.78. The van der Waals surface area contributed by atoms with Gasteiger partial charge in [-0.05, 0) is 63.4 Å². The van der Waals surface area contributed by atoms with Crippen molar-refractivity contribution in [3.63, 3.8) is 0 Å². The highest BCUT2D eigenvalue weighted by Crippen LogP contribution is 2.41. The van der Waals surface area contributed by atoms with Gasteiger partial charge in [-0.25, -0.2) is 4.98 Å². The maximum absolute atomic E-state index is 12.8. The Morgan fingerprint density at radius 1 is 1.06 bits per heavy atom. The van der Waals surface area contributed by atoms with Gasteiger partial charge in [0, 0.05) is 11.3 Å². The standard InChI is InChI=1S/C24H25N3O4S/c1-5-31-23(30)17-11-16(17)22(29)27-24-25-18-7-6-15(10-19(18)32-24)21(28)26-20-13(3)8-12(2)9-14(20)4/h6-10,16-17H,5,11H2,1-4H3,(H,26,28)(H,25,27,29). The molecule has 2 aromatic carbocycles. The lowest BCUT2D eigenvalue weighted by Gasteiger charge is -2.12. The molecular weight excluding hydrogens is 426 g/mol. The Labute approximate surface area is 190 Å². The van der Waals surface area contributed by atoms with Crippen molar-refractivity contribution in [1.29, 1.82) is 0 Å². The van der Waals surface area contributed by atoms with Crippen LogP contribution in [0.5, 0.6) is 0 Å². The van der Waals surface area contributed by atoms with Gasteiger partial charge in [0.15, 0.2) is 5.13 Å². The summed E-state index contributed by atoms with van der Waals surface area (Å²) in [5.41, 5.74) is 5.21. The minimum atomic E-state index is -0.372. The molecule has 7 nitrogen and oxygen atoms in total. The first-order chi connectivity index (χ1) is 15.3. The van der Waals surface area contributed by atoms with Gasteiger partial charge in [0.2, 0.25) is 5.91 Å². The van der Waals surface area contributed by atoms with E-state index in [0.29, 0.717) is 29.2 Å². The van der Waals surface area contributed by atoms with E-state index in [9.17, 15) is 14.4 Å². The first-order valence-electron chi connectivity index (χ1n) is 10.5. The van der Waals surface area contributed by atoms with Crippen LogP contribution in [0.1, 0.15) is 40.4 Å². The average Bonchev–Trinajstić information content (AvgIpc) is 3.44. The highest BCUT2D eigenvalue weighted by atomic mass is 32.1. The SMILES string of the molecule is CCOC(=O)C1CC1C(=O)Nc1nc2ccc(C(=O)Nc3c(C)cc(C)cc3C)cc2s1. The first kappa shape index (κ1) is 22.0. The van der Waals surface area contributed by atoms with E-state index in [1.54, 1.807) is 25.1 Å². The molecule has 0 bridgehead atoms. The Hall–Kier alpha value is -3.26. The summed E-state index contributed by atoms with van der Waals surface area (Å²) in [7, 11) is 0. The third kappa shape index (κ3) is 4.50. The number of hydrogen-bond donors (Lipinski definition) is 2. The van der Waals surface area contributed by atoms with Crippen LogP contribution in [0.15, 0.2) is 30.3 Å². The molecular formula is C24H25N3O4S. The molecule has 0 radical (unpaired) electrons. The second-order valence-electron chi connectivity index (χ2n) is 8.12. The van der Waals surface area contributed by atoms with Gasteiger partial charge >= 0.3 is 5.97 Å². The first-order valence-corrected chi connectivity index (χ1v) is 11.4. The normalized spacial score (nSPS) is 17.1. The molecule has 1 aromatic heterocycles. The number of nitrogens with zero attached hydrogens (tertiary/aromatic N) is 1. The van der Waals surface area contributed by atoms with Gasteiger partial charge in [0.05, 0.1) is 28.7 Å². The molecule has 2 N–H and O–H groups in total. The van der Waals surface area contributed by atoms with Crippen LogP contribution in [-0.2, 0) is 14.3 Å². The van der Waals surface area contributed by atoms with Crippen molar-refractivity contribution in [1.82, 2.24) is 4.98 Å². The number of ether oxygens (including phenoxy) is 1. The second kappa shape index (κ2) is 8.70. The molecule has 2 atom stereocenters. The van der Waals surface area contributed by atoms with Crippen molar-refractivity contribution in [2.75, 3.05) is 17.2 Å². The lowest BCUT2D eigenvalue weighted by Crippen LogP contribution is -2.17. The topological polar surface area (TPSA) is 97.4 Å². The van der Waals surface area contributed by atoms with E-state index < -0.39 is 0 Å². The third-order valence-corrected chi connectivity index (χ3v) is 6.45. The fraction of sp³-hybridized carbons (Fsp3) is 0.333. The molecule has 1 heterocycles. The molecule has 2 unspecified atom stereocenters. The largest absolute Gasteiger partial charge is 0.466 e. The van der Waals surface area contributed by atoms with Crippen molar-refractivity contribution >= 4 is 50.2 Å². The smallest absolute Gasteiger partial charge is 0.309 e. The number of aryl methyl sites for hydroxylation is 3. The van der Waals surface area contributed by atoms with Crippen LogP contribution in [-0.4, -0.2) is 29.4 Å². The predicted molar refractivity (Wildman–Crippen MR) is 125 cm³/mol. The molecule has 1 aliphatic rings. The molecule has 2 amide bonds.